The van der Waals surface area contributed by atoms with Gasteiger partial charge in [0.25, 0.3) is 5.91 Å². The second kappa shape index (κ2) is 9.00. The monoisotopic (exact) mass is 529 g/mol. The molecular formula is C23H24BrN5O3S. The fourth-order valence-corrected chi connectivity index (χ4v) is 5.89. The number of aliphatic hydroxyl groups is 1. The van der Waals surface area contributed by atoms with Crippen molar-refractivity contribution in [3.63, 3.8) is 0 Å². The molecule has 3 aromatic heterocycles. The van der Waals surface area contributed by atoms with Gasteiger partial charge in [0.05, 0.1) is 11.8 Å². The summed E-state index contributed by atoms with van der Waals surface area (Å²) in [6.07, 6.45) is 4.25. The number of halogens is 1. The molecule has 0 spiro atoms. The smallest absolute Gasteiger partial charge is 0.251 e. The van der Waals surface area contributed by atoms with Crippen molar-refractivity contribution in [3.05, 3.63) is 41.2 Å². The van der Waals surface area contributed by atoms with Crippen LogP contribution in [0.4, 0.5) is 5.82 Å². The number of carbonyl (C=O) groups excluding carboxylic acids is 1. The molecule has 4 heterocycles. The van der Waals surface area contributed by atoms with E-state index in [0.717, 1.165) is 50.4 Å². The molecule has 4 aromatic rings. The highest BCUT2D eigenvalue weighted by atomic mass is 79.9. The van der Waals surface area contributed by atoms with Gasteiger partial charge >= 0.3 is 0 Å². The summed E-state index contributed by atoms with van der Waals surface area (Å²) in [4.78, 5) is 23.9. The largest absolute Gasteiger partial charge is 0.464 e. The number of amides is 1. The Kier molecular flexibility index (Phi) is 6.07. The third-order valence-electron chi connectivity index (χ3n) is 6.08. The highest BCUT2D eigenvalue weighted by molar-refractivity contribution is 9.10. The molecule has 1 unspecified atom stereocenters. The van der Waals surface area contributed by atoms with Crippen LogP contribution in [0.15, 0.2) is 55.7 Å². The number of benzene rings is 1. The standard InChI is InChI=1S/C23H24BrN5O3S/c1-13(30)22(31)28-7-3-14(12-28)4-8-29-17-2-6-26-21(25)20(17)27-23(29)33-19-11-18-15(5-9-32-18)10-16(19)24/h2,5-6,9-11,13-14,30H,3-4,7-8,12H2,1H3,(H2,25,26)/t13-,14?/m0/s1. The molecule has 33 heavy (non-hydrogen) atoms. The van der Waals surface area contributed by atoms with Gasteiger partial charge in [-0.1, -0.05) is 11.8 Å². The zero-order chi connectivity index (χ0) is 23.1. The molecule has 10 heteroatoms. The van der Waals surface area contributed by atoms with Crippen LogP contribution in [-0.2, 0) is 11.3 Å². The minimum atomic E-state index is -0.954. The first-order valence-electron chi connectivity index (χ1n) is 10.8. The zero-order valence-electron chi connectivity index (χ0n) is 18.1. The van der Waals surface area contributed by atoms with Gasteiger partial charge in [0.15, 0.2) is 11.0 Å². The fraction of sp³-hybridized carbons (Fsp3) is 0.348. The summed E-state index contributed by atoms with van der Waals surface area (Å²) in [5.74, 6) is 0.579. The normalized spacial score (nSPS) is 17.3. The topological polar surface area (TPSA) is 110 Å². The van der Waals surface area contributed by atoms with Gasteiger partial charge in [-0.3, -0.25) is 4.79 Å². The van der Waals surface area contributed by atoms with Crippen molar-refractivity contribution in [1.82, 2.24) is 19.4 Å². The molecule has 0 saturated carbocycles. The molecule has 5 rings (SSSR count). The van der Waals surface area contributed by atoms with Crippen LogP contribution in [0.3, 0.4) is 0 Å². The van der Waals surface area contributed by atoms with Gasteiger partial charge in [0.2, 0.25) is 0 Å². The summed E-state index contributed by atoms with van der Waals surface area (Å²) in [7, 11) is 0. The van der Waals surface area contributed by atoms with Crippen LogP contribution in [0.1, 0.15) is 19.8 Å². The number of hydrogen-bond donors (Lipinski definition) is 2. The molecule has 1 aromatic carbocycles. The zero-order valence-corrected chi connectivity index (χ0v) is 20.5. The lowest BCUT2D eigenvalue weighted by Crippen LogP contribution is -2.36. The van der Waals surface area contributed by atoms with Crippen LogP contribution in [-0.4, -0.2) is 49.6 Å². The molecule has 8 nitrogen and oxygen atoms in total. The number of imidazole rings is 1. The number of furan rings is 1. The molecule has 1 fully saturated rings. The van der Waals surface area contributed by atoms with Crippen molar-refractivity contribution in [2.75, 3.05) is 18.8 Å². The number of aromatic nitrogens is 3. The molecule has 1 aliphatic heterocycles. The van der Waals surface area contributed by atoms with E-state index in [0.29, 0.717) is 30.3 Å². The van der Waals surface area contributed by atoms with Gasteiger partial charge < -0.3 is 24.7 Å². The average molecular weight is 530 g/mol. The molecule has 1 amide bonds. The molecule has 1 saturated heterocycles. The third-order valence-corrected chi connectivity index (χ3v) is 8.05. The quantitative estimate of drug-likeness (QED) is 0.383. The number of anilines is 1. The van der Waals surface area contributed by atoms with E-state index in [2.05, 4.69) is 25.5 Å². The number of rotatable bonds is 6. The number of aryl methyl sites for hydroxylation is 1. The maximum absolute atomic E-state index is 12.1. The minimum Gasteiger partial charge on any atom is -0.464 e. The van der Waals surface area contributed by atoms with E-state index in [9.17, 15) is 9.90 Å². The first kappa shape index (κ1) is 22.2. The Balaban J connectivity index is 1.42. The Morgan fingerprint density at radius 3 is 3.09 bits per heavy atom. The molecule has 2 atom stereocenters. The Morgan fingerprint density at radius 1 is 1.42 bits per heavy atom. The predicted molar refractivity (Wildman–Crippen MR) is 131 cm³/mol. The van der Waals surface area contributed by atoms with Crippen molar-refractivity contribution < 1.29 is 14.3 Å². The van der Waals surface area contributed by atoms with Gasteiger partial charge in [-0.2, -0.15) is 0 Å². The number of nitrogen functional groups attached to an aromatic ring is 1. The number of fused-ring (bicyclic) bond motifs is 2. The second-order valence-corrected chi connectivity index (χ2v) is 10.2. The van der Waals surface area contributed by atoms with Crippen LogP contribution in [0.5, 0.6) is 0 Å². The van der Waals surface area contributed by atoms with E-state index < -0.39 is 6.10 Å². The maximum atomic E-state index is 12.1. The number of carbonyl (C=O) groups is 1. The summed E-state index contributed by atoms with van der Waals surface area (Å²) in [6.45, 7) is 3.62. The van der Waals surface area contributed by atoms with Crippen LogP contribution >= 0.6 is 27.7 Å². The van der Waals surface area contributed by atoms with Gasteiger partial charge in [0.1, 0.15) is 17.2 Å². The Hall–Kier alpha value is -2.56. The van der Waals surface area contributed by atoms with E-state index in [1.807, 2.05) is 24.3 Å². The molecule has 1 aliphatic rings. The first-order chi connectivity index (χ1) is 15.9. The van der Waals surface area contributed by atoms with Crippen LogP contribution in [0.2, 0.25) is 0 Å². The SMILES string of the molecule is C[C@H](O)C(=O)N1CCC(CCn2c(Sc3cc4occc4cc3Br)nc3c(N)nccc32)C1. The number of nitrogens with zero attached hydrogens (tertiary/aromatic N) is 4. The van der Waals surface area contributed by atoms with Crippen molar-refractivity contribution in [2.45, 2.75) is 42.5 Å². The minimum absolute atomic E-state index is 0.196. The lowest BCUT2D eigenvalue weighted by Gasteiger charge is -2.18. The average Bonchev–Trinajstić information content (AvgIpc) is 3.51. The maximum Gasteiger partial charge on any atom is 0.251 e. The van der Waals surface area contributed by atoms with Crippen LogP contribution in [0.25, 0.3) is 22.0 Å². The molecule has 0 aliphatic carbocycles. The first-order valence-corrected chi connectivity index (χ1v) is 12.4. The predicted octanol–water partition coefficient (Wildman–Crippen LogP) is 4.29. The van der Waals surface area contributed by atoms with Crippen molar-refractivity contribution in [3.8, 4) is 0 Å². The highest BCUT2D eigenvalue weighted by Crippen LogP contribution is 2.38. The van der Waals surface area contributed by atoms with Crippen molar-refractivity contribution in [2.24, 2.45) is 5.92 Å². The van der Waals surface area contributed by atoms with Gasteiger partial charge in [-0.05, 0) is 65.9 Å². The lowest BCUT2D eigenvalue weighted by molar-refractivity contribution is -0.138. The van der Waals surface area contributed by atoms with E-state index in [4.69, 9.17) is 15.1 Å². The van der Waals surface area contributed by atoms with E-state index >= 15 is 0 Å². The summed E-state index contributed by atoms with van der Waals surface area (Å²) in [5.41, 5.74) is 8.58. The number of hydrogen-bond acceptors (Lipinski definition) is 7. The number of likely N-dealkylation sites (tertiary alicyclic amines) is 1. The third kappa shape index (κ3) is 4.34. The molecule has 172 valence electrons. The second-order valence-electron chi connectivity index (χ2n) is 8.36. The van der Waals surface area contributed by atoms with Crippen molar-refractivity contribution in [1.29, 1.82) is 0 Å². The number of pyridine rings is 1. The van der Waals surface area contributed by atoms with E-state index in [1.54, 1.807) is 29.1 Å². The molecule has 0 bridgehead atoms. The van der Waals surface area contributed by atoms with Gasteiger partial charge in [-0.15, -0.1) is 0 Å². The molecule has 3 N–H and O–H groups in total. The Labute approximate surface area is 203 Å². The Morgan fingerprint density at radius 2 is 2.27 bits per heavy atom. The molecule has 0 radical (unpaired) electrons. The summed E-state index contributed by atoms with van der Waals surface area (Å²) in [5, 5.41) is 11.5. The van der Waals surface area contributed by atoms with Crippen molar-refractivity contribution >= 4 is 61.4 Å². The lowest BCUT2D eigenvalue weighted by atomic mass is 10.1. The summed E-state index contributed by atoms with van der Waals surface area (Å²) in [6, 6.07) is 7.91. The number of aliphatic hydroxyl groups excluding tert-OH is 1. The molecular weight excluding hydrogens is 506 g/mol. The van der Waals surface area contributed by atoms with E-state index in [1.165, 1.54) is 6.92 Å². The number of nitrogens with two attached hydrogens (primary N) is 1. The van der Waals surface area contributed by atoms with E-state index in [-0.39, 0.29) is 5.91 Å². The van der Waals surface area contributed by atoms with Gasteiger partial charge in [0, 0.05) is 40.6 Å². The highest BCUT2D eigenvalue weighted by Gasteiger charge is 2.28. The summed E-state index contributed by atoms with van der Waals surface area (Å²) < 4.78 is 8.72. The van der Waals surface area contributed by atoms with Gasteiger partial charge in [-0.25, -0.2) is 9.97 Å². The Bertz CT molecular complexity index is 1330. The van der Waals surface area contributed by atoms with Crippen LogP contribution in [0, 0.1) is 5.92 Å². The van der Waals surface area contributed by atoms with Crippen LogP contribution < -0.4 is 5.73 Å². The fourth-order valence-electron chi connectivity index (χ4n) is 4.33. The summed E-state index contributed by atoms with van der Waals surface area (Å²) >= 11 is 5.22.